The molecule has 8 nitrogen and oxygen atoms in total. The summed E-state index contributed by atoms with van der Waals surface area (Å²) in [6.45, 7) is 0.966. The number of hydrogen-bond donors (Lipinski definition) is 1. The van der Waals surface area contributed by atoms with Gasteiger partial charge in [0.05, 0.1) is 10.6 Å². The van der Waals surface area contributed by atoms with Crippen LogP contribution < -0.4 is 9.47 Å². The summed E-state index contributed by atoms with van der Waals surface area (Å²) in [6, 6.07) is 5.42. The number of rotatable bonds is 3. The molecular formula is C18H12ClN5O3. The smallest absolute Gasteiger partial charge is 0.260 e. The molecule has 0 bridgehead atoms. The van der Waals surface area contributed by atoms with E-state index in [0.29, 0.717) is 47.1 Å². The molecule has 1 aliphatic heterocycles. The lowest BCUT2D eigenvalue weighted by atomic mass is 10.0. The van der Waals surface area contributed by atoms with Gasteiger partial charge in [0.25, 0.3) is 5.89 Å². The summed E-state index contributed by atoms with van der Waals surface area (Å²) < 4.78 is 16.7. The molecule has 0 aliphatic carbocycles. The molecule has 0 unspecified atom stereocenters. The Morgan fingerprint density at radius 1 is 1.07 bits per heavy atom. The zero-order valence-electron chi connectivity index (χ0n) is 13.8. The van der Waals surface area contributed by atoms with Crippen LogP contribution in [0.4, 0.5) is 0 Å². The van der Waals surface area contributed by atoms with Crippen LogP contribution in [0.1, 0.15) is 0 Å². The van der Waals surface area contributed by atoms with E-state index >= 15 is 0 Å². The Balaban J connectivity index is 1.56. The van der Waals surface area contributed by atoms with Gasteiger partial charge in [0, 0.05) is 24.2 Å². The first-order chi connectivity index (χ1) is 13.3. The minimum Gasteiger partial charge on any atom is -0.486 e. The maximum Gasteiger partial charge on any atom is 0.260 e. The lowest BCUT2D eigenvalue weighted by Crippen LogP contribution is -2.15. The van der Waals surface area contributed by atoms with Crippen LogP contribution in [0, 0.1) is 0 Å². The standard InChI is InChI=1S/C18H12ClN5O3/c19-13-5-10(6-15-16(13)26-4-3-25-15)11-7-21-8-12(11)18-23-17(24-27-18)14-1-2-20-9-22-14/h1-2,5-9,21H,3-4H2. The van der Waals surface area contributed by atoms with Gasteiger partial charge in [0.15, 0.2) is 11.5 Å². The molecule has 134 valence electrons. The van der Waals surface area contributed by atoms with Crippen LogP contribution in [0.3, 0.4) is 0 Å². The Labute approximate surface area is 158 Å². The molecule has 27 heavy (non-hydrogen) atoms. The number of benzene rings is 1. The Hall–Kier alpha value is -3.39. The van der Waals surface area contributed by atoms with Gasteiger partial charge in [0.1, 0.15) is 25.2 Å². The summed E-state index contributed by atoms with van der Waals surface area (Å²) in [4.78, 5) is 15.5. The molecular weight excluding hydrogens is 370 g/mol. The molecule has 0 atom stereocenters. The third-order valence-corrected chi connectivity index (χ3v) is 4.40. The van der Waals surface area contributed by atoms with Crippen LogP contribution in [-0.4, -0.2) is 38.3 Å². The van der Waals surface area contributed by atoms with E-state index in [1.54, 1.807) is 18.5 Å². The normalized spacial score (nSPS) is 12.9. The van der Waals surface area contributed by atoms with E-state index in [0.717, 1.165) is 16.7 Å². The molecule has 4 aromatic rings. The second kappa shape index (κ2) is 6.40. The van der Waals surface area contributed by atoms with Crippen LogP contribution in [0.5, 0.6) is 11.5 Å². The number of aromatic nitrogens is 5. The van der Waals surface area contributed by atoms with E-state index < -0.39 is 0 Å². The lowest BCUT2D eigenvalue weighted by molar-refractivity contribution is 0.172. The zero-order valence-corrected chi connectivity index (χ0v) is 14.6. The first-order valence-electron chi connectivity index (χ1n) is 8.16. The average molecular weight is 382 g/mol. The maximum absolute atomic E-state index is 6.37. The molecule has 4 heterocycles. The predicted molar refractivity (Wildman–Crippen MR) is 96.5 cm³/mol. The quantitative estimate of drug-likeness (QED) is 0.578. The van der Waals surface area contributed by atoms with Gasteiger partial charge >= 0.3 is 0 Å². The van der Waals surface area contributed by atoms with Gasteiger partial charge in [-0.3, -0.25) is 0 Å². The van der Waals surface area contributed by atoms with Gasteiger partial charge in [-0.05, 0) is 23.8 Å². The number of aromatic amines is 1. The minimum absolute atomic E-state index is 0.367. The lowest BCUT2D eigenvalue weighted by Gasteiger charge is -2.20. The first-order valence-corrected chi connectivity index (χ1v) is 8.54. The highest BCUT2D eigenvalue weighted by Crippen LogP contribution is 2.43. The number of hydrogen-bond acceptors (Lipinski definition) is 7. The number of ether oxygens (including phenoxy) is 2. The van der Waals surface area contributed by atoms with Crippen LogP contribution >= 0.6 is 11.6 Å². The highest BCUT2D eigenvalue weighted by atomic mass is 35.5. The summed E-state index contributed by atoms with van der Waals surface area (Å²) in [7, 11) is 0. The fourth-order valence-electron chi connectivity index (χ4n) is 2.91. The van der Waals surface area contributed by atoms with Crippen molar-refractivity contribution in [1.82, 2.24) is 25.1 Å². The Kier molecular flexibility index (Phi) is 3.75. The Morgan fingerprint density at radius 3 is 2.85 bits per heavy atom. The third-order valence-electron chi connectivity index (χ3n) is 4.12. The van der Waals surface area contributed by atoms with Crippen LogP contribution in [0.15, 0.2) is 47.6 Å². The summed E-state index contributed by atoms with van der Waals surface area (Å²) in [5.74, 6) is 1.93. The highest BCUT2D eigenvalue weighted by Gasteiger charge is 2.21. The number of H-pyrrole nitrogens is 1. The molecule has 5 rings (SSSR count). The van der Waals surface area contributed by atoms with E-state index in [1.807, 2.05) is 18.3 Å². The van der Waals surface area contributed by atoms with Crippen molar-refractivity contribution in [1.29, 1.82) is 0 Å². The Bertz CT molecular complexity index is 1110. The van der Waals surface area contributed by atoms with E-state index in [-0.39, 0.29) is 0 Å². The summed E-state index contributed by atoms with van der Waals surface area (Å²) in [5.41, 5.74) is 3.03. The molecule has 0 saturated heterocycles. The molecule has 0 radical (unpaired) electrons. The predicted octanol–water partition coefficient (Wildman–Crippen LogP) is 3.61. The van der Waals surface area contributed by atoms with Crippen molar-refractivity contribution < 1.29 is 14.0 Å². The second-order valence-corrected chi connectivity index (χ2v) is 6.19. The SMILES string of the molecule is Clc1cc(-c2c[nH]cc2-c2nc(-c3ccncn3)no2)cc2c1OCCO2. The van der Waals surface area contributed by atoms with Gasteiger partial charge in [-0.2, -0.15) is 4.98 Å². The number of halogens is 1. The van der Waals surface area contributed by atoms with Gasteiger partial charge in [-0.15, -0.1) is 0 Å². The molecule has 9 heteroatoms. The van der Waals surface area contributed by atoms with Crippen molar-refractivity contribution in [2.24, 2.45) is 0 Å². The summed E-state index contributed by atoms with van der Waals surface area (Å²) >= 11 is 6.37. The Morgan fingerprint density at radius 2 is 1.96 bits per heavy atom. The number of nitrogens with one attached hydrogen (secondary N) is 1. The van der Waals surface area contributed by atoms with Crippen molar-refractivity contribution >= 4 is 11.6 Å². The molecule has 0 amide bonds. The average Bonchev–Trinajstić information content (AvgIpc) is 3.38. The fraction of sp³-hybridized carbons (Fsp3) is 0.111. The van der Waals surface area contributed by atoms with Crippen molar-refractivity contribution in [3.63, 3.8) is 0 Å². The van der Waals surface area contributed by atoms with Crippen molar-refractivity contribution in [3.8, 4) is 45.6 Å². The maximum atomic E-state index is 6.37. The van der Waals surface area contributed by atoms with Crippen LogP contribution in [0.2, 0.25) is 5.02 Å². The molecule has 3 aromatic heterocycles. The van der Waals surface area contributed by atoms with Crippen molar-refractivity contribution in [2.45, 2.75) is 0 Å². The van der Waals surface area contributed by atoms with E-state index in [1.165, 1.54) is 6.33 Å². The largest absolute Gasteiger partial charge is 0.486 e. The first kappa shape index (κ1) is 15.8. The number of nitrogens with zero attached hydrogens (tertiary/aromatic N) is 4. The molecule has 1 aliphatic rings. The monoisotopic (exact) mass is 381 g/mol. The fourth-order valence-corrected chi connectivity index (χ4v) is 3.17. The minimum atomic E-state index is 0.367. The molecule has 1 aromatic carbocycles. The summed E-state index contributed by atoms with van der Waals surface area (Å²) in [5, 5.41) is 4.49. The van der Waals surface area contributed by atoms with Crippen molar-refractivity contribution in [3.05, 3.63) is 48.1 Å². The van der Waals surface area contributed by atoms with Crippen LogP contribution in [0.25, 0.3) is 34.1 Å². The topological polar surface area (TPSA) is 99.0 Å². The van der Waals surface area contributed by atoms with Gasteiger partial charge in [-0.25, -0.2) is 9.97 Å². The molecule has 0 saturated carbocycles. The molecule has 0 spiro atoms. The highest BCUT2D eigenvalue weighted by molar-refractivity contribution is 6.32. The molecule has 0 fully saturated rings. The van der Waals surface area contributed by atoms with E-state index in [2.05, 4.69) is 25.1 Å². The van der Waals surface area contributed by atoms with Crippen LogP contribution in [-0.2, 0) is 0 Å². The van der Waals surface area contributed by atoms with E-state index in [9.17, 15) is 0 Å². The second-order valence-electron chi connectivity index (χ2n) is 5.78. The zero-order chi connectivity index (χ0) is 18.2. The molecule has 1 N–H and O–H groups in total. The summed E-state index contributed by atoms with van der Waals surface area (Å²) in [6.07, 6.45) is 6.69. The third kappa shape index (κ3) is 2.80. The van der Waals surface area contributed by atoms with Gasteiger partial charge in [0.2, 0.25) is 5.82 Å². The number of fused-ring (bicyclic) bond motifs is 1. The van der Waals surface area contributed by atoms with Gasteiger partial charge < -0.3 is 19.0 Å². The van der Waals surface area contributed by atoms with E-state index in [4.69, 9.17) is 25.6 Å². The van der Waals surface area contributed by atoms with Crippen molar-refractivity contribution in [2.75, 3.05) is 13.2 Å². The van der Waals surface area contributed by atoms with Gasteiger partial charge in [-0.1, -0.05) is 16.8 Å².